The Labute approximate surface area is 80.9 Å². The summed E-state index contributed by atoms with van der Waals surface area (Å²) < 4.78 is 4.90. The van der Waals surface area contributed by atoms with Crippen molar-refractivity contribution in [2.24, 2.45) is 0 Å². The van der Waals surface area contributed by atoms with Gasteiger partial charge < -0.3 is 9.84 Å². The van der Waals surface area contributed by atoms with E-state index in [2.05, 4.69) is 0 Å². The van der Waals surface area contributed by atoms with E-state index < -0.39 is 5.97 Å². The molecule has 1 aromatic rings. The molecule has 0 bridgehead atoms. The highest BCUT2D eigenvalue weighted by atomic mass is 35.5. The molecular formula is C9H9ClO3. The van der Waals surface area contributed by atoms with Crippen LogP contribution in [-0.4, -0.2) is 18.2 Å². The predicted octanol–water partition coefficient (Wildman–Crippen LogP) is 2.36. The first-order valence-electron chi connectivity index (χ1n) is 3.63. The Bertz CT molecular complexity index is 347. The molecule has 0 atom stereocenters. The average molecular weight is 201 g/mol. The van der Waals surface area contributed by atoms with Gasteiger partial charge in [-0.15, -0.1) is 0 Å². The molecule has 0 unspecified atom stereocenters. The fourth-order valence-electron chi connectivity index (χ4n) is 1.08. The summed E-state index contributed by atoms with van der Waals surface area (Å²) in [6.07, 6.45) is 0. The highest BCUT2D eigenvalue weighted by Crippen LogP contribution is 2.27. The fourth-order valence-corrected chi connectivity index (χ4v) is 1.42. The lowest BCUT2D eigenvalue weighted by atomic mass is 10.1. The number of hydrogen-bond acceptors (Lipinski definition) is 2. The molecule has 0 radical (unpaired) electrons. The molecule has 0 aliphatic carbocycles. The van der Waals surface area contributed by atoms with Crippen LogP contribution in [0.1, 0.15) is 15.9 Å². The predicted molar refractivity (Wildman–Crippen MR) is 49.7 cm³/mol. The third-order valence-corrected chi connectivity index (χ3v) is 1.93. The van der Waals surface area contributed by atoms with Crippen LogP contribution in [0.15, 0.2) is 12.1 Å². The molecular weight excluding hydrogens is 192 g/mol. The summed E-state index contributed by atoms with van der Waals surface area (Å²) in [6, 6.07) is 3.23. The van der Waals surface area contributed by atoms with Crippen LogP contribution in [0.2, 0.25) is 5.02 Å². The quantitative estimate of drug-likeness (QED) is 0.797. The van der Waals surface area contributed by atoms with Crippen LogP contribution in [0.4, 0.5) is 0 Å². The van der Waals surface area contributed by atoms with Gasteiger partial charge in [0.1, 0.15) is 11.3 Å². The van der Waals surface area contributed by atoms with Gasteiger partial charge in [0.25, 0.3) is 0 Å². The number of halogens is 1. The van der Waals surface area contributed by atoms with Crippen molar-refractivity contribution in [3.63, 3.8) is 0 Å². The number of rotatable bonds is 2. The van der Waals surface area contributed by atoms with Crippen molar-refractivity contribution < 1.29 is 14.6 Å². The minimum absolute atomic E-state index is 0.00904. The van der Waals surface area contributed by atoms with E-state index in [4.69, 9.17) is 21.4 Å². The van der Waals surface area contributed by atoms with Gasteiger partial charge in [-0.1, -0.05) is 11.6 Å². The van der Waals surface area contributed by atoms with E-state index in [0.29, 0.717) is 0 Å². The summed E-state index contributed by atoms with van der Waals surface area (Å²) in [5.41, 5.74) is 0.876. The van der Waals surface area contributed by atoms with Gasteiger partial charge in [0.2, 0.25) is 0 Å². The van der Waals surface area contributed by atoms with E-state index in [-0.39, 0.29) is 16.3 Å². The molecule has 0 aliphatic rings. The van der Waals surface area contributed by atoms with Crippen molar-refractivity contribution in [1.29, 1.82) is 0 Å². The maximum atomic E-state index is 10.7. The number of methoxy groups -OCH3 is 1. The summed E-state index contributed by atoms with van der Waals surface area (Å²) in [4.78, 5) is 10.7. The molecule has 0 aromatic heterocycles. The normalized spacial score (nSPS) is 9.77. The summed E-state index contributed by atoms with van der Waals surface area (Å²) in [6.45, 7) is 1.82. The average Bonchev–Trinajstić information content (AvgIpc) is 2.01. The van der Waals surface area contributed by atoms with Gasteiger partial charge in [-0.05, 0) is 24.6 Å². The van der Waals surface area contributed by atoms with Crippen LogP contribution < -0.4 is 4.74 Å². The minimum Gasteiger partial charge on any atom is -0.496 e. The zero-order valence-electron chi connectivity index (χ0n) is 7.30. The summed E-state index contributed by atoms with van der Waals surface area (Å²) in [5, 5.41) is 9.00. The second-order valence-corrected chi connectivity index (χ2v) is 3.04. The van der Waals surface area contributed by atoms with Gasteiger partial charge in [0, 0.05) is 0 Å². The van der Waals surface area contributed by atoms with Gasteiger partial charge >= 0.3 is 5.97 Å². The lowest BCUT2D eigenvalue weighted by Gasteiger charge is -2.07. The molecule has 1 aromatic carbocycles. The van der Waals surface area contributed by atoms with Crippen LogP contribution in [0.3, 0.4) is 0 Å². The fraction of sp³-hybridized carbons (Fsp3) is 0.222. The van der Waals surface area contributed by atoms with E-state index in [1.807, 2.05) is 6.92 Å². The topological polar surface area (TPSA) is 46.5 Å². The zero-order chi connectivity index (χ0) is 10.0. The highest BCUT2D eigenvalue weighted by molar-refractivity contribution is 6.34. The molecule has 0 saturated heterocycles. The Morgan fingerprint density at radius 3 is 2.62 bits per heavy atom. The first-order valence-corrected chi connectivity index (χ1v) is 4.01. The second kappa shape index (κ2) is 3.66. The van der Waals surface area contributed by atoms with Gasteiger partial charge in [-0.25, -0.2) is 4.79 Å². The second-order valence-electron chi connectivity index (χ2n) is 2.63. The third kappa shape index (κ3) is 1.92. The van der Waals surface area contributed by atoms with Crippen LogP contribution in [0.5, 0.6) is 5.75 Å². The molecule has 0 aliphatic heterocycles. The Balaban J connectivity index is 3.38. The number of hydrogen-bond donors (Lipinski definition) is 1. The molecule has 0 fully saturated rings. The summed E-state index contributed by atoms with van der Waals surface area (Å²) >= 11 is 5.75. The largest absolute Gasteiger partial charge is 0.496 e. The molecule has 1 N–H and O–H groups in total. The van der Waals surface area contributed by atoms with Crippen molar-refractivity contribution in [3.05, 3.63) is 28.3 Å². The molecule has 0 saturated carbocycles. The Morgan fingerprint density at radius 2 is 2.15 bits per heavy atom. The van der Waals surface area contributed by atoms with E-state index in [1.165, 1.54) is 7.11 Å². The number of aromatic carboxylic acids is 1. The van der Waals surface area contributed by atoms with Crippen molar-refractivity contribution in [2.75, 3.05) is 7.11 Å². The third-order valence-electron chi connectivity index (χ3n) is 1.63. The van der Waals surface area contributed by atoms with Crippen molar-refractivity contribution in [1.82, 2.24) is 0 Å². The first-order chi connectivity index (χ1) is 6.06. The standard InChI is InChI=1S/C9H9ClO3/c1-5-3-6(10)8(9(11)12)7(4-5)13-2/h3-4H,1-2H3,(H,11,12). The zero-order valence-corrected chi connectivity index (χ0v) is 8.05. The Morgan fingerprint density at radius 1 is 1.54 bits per heavy atom. The van der Waals surface area contributed by atoms with Gasteiger partial charge in [0.05, 0.1) is 12.1 Å². The smallest absolute Gasteiger partial charge is 0.341 e. The number of aryl methyl sites for hydroxylation is 1. The van der Waals surface area contributed by atoms with Crippen LogP contribution in [0.25, 0.3) is 0 Å². The van der Waals surface area contributed by atoms with Gasteiger partial charge in [-0.3, -0.25) is 0 Å². The van der Waals surface area contributed by atoms with E-state index in [0.717, 1.165) is 5.56 Å². The van der Waals surface area contributed by atoms with E-state index in [9.17, 15) is 4.79 Å². The Kier molecular flexibility index (Phi) is 2.78. The van der Waals surface area contributed by atoms with Crippen molar-refractivity contribution in [2.45, 2.75) is 6.92 Å². The highest BCUT2D eigenvalue weighted by Gasteiger charge is 2.15. The number of ether oxygens (including phenoxy) is 1. The van der Waals surface area contributed by atoms with Crippen LogP contribution in [0, 0.1) is 6.92 Å². The summed E-state index contributed by atoms with van der Waals surface area (Å²) in [5.74, 6) is -0.792. The van der Waals surface area contributed by atoms with Gasteiger partial charge in [-0.2, -0.15) is 0 Å². The Hall–Kier alpha value is -1.22. The maximum Gasteiger partial charge on any atom is 0.341 e. The monoisotopic (exact) mass is 200 g/mol. The molecule has 1 rings (SSSR count). The number of carboxylic acids is 1. The lowest BCUT2D eigenvalue weighted by molar-refractivity contribution is 0.0693. The molecule has 70 valence electrons. The number of carbonyl (C=O) groups is 1. The number of benzene rings is 1. The van der Waals surface area contributed by atoms with E-state index >= 15 is 0 Å². The lowest BCUT2D eigenvalue weighted by Crippen LogP contribution is -2.01. The SMILES string of the molecule is COc1cc(C)cc(Cl)c1C(=O)O. The molecule has 13 heavy (non-hydrogen) atoms. The molecule has 3 nitrogen and oxygen atoms in total. The minimum atomic E-state index is -1.08. The van der Waals surface area contributed by atoms with Gasteiger partial charge in [0.15, 0.2) is 0 Å². The first kappa shape index (κ1) is 9.86. The van der Waals surface area contributed by atoms with Crippen molar-refractivity contribution in [3.8, 4) is 5.75 Å². The maximum absolute atomic E-state index is 10.7. The molecule has 4 heteroatoms. The van der Waals surface area contributed by atoms with Crippen LogP contribution in [-0.2, 0) is 0 Å². The molecule has 0 amide bonds. The van der Waals surface area contributed by atoms with E-state index in [1.54, 1.807) is 12.1 Å². The number of carboxylic acid groups (broad SMARTS) is 1. The van der Waals surface area contributed by atoms with Crippen LogP contribution >= 0.6 is 11.6 Å². The van der Waals surface area contributed by atoms with Crippen molar-refractivity contribution >= 4 is 17.6 Å². The summed E-state index contributed by atoms with van der Waals surface area (Å²) in [7, 11) is 1.41. The molecule has 0 heterocycles. The molecule has 0 spiro atoms.